The van der Waals surface area contributed by atoms with Gasteiger partial charge in [-0.25, -0.2) is 0 Å². The van der Waals surface area contributed by atoms with Gasteiger partial charge >= 0.3 is 0 Å². The Kier molecular flexibility index (Phi) is 2.10. The molecule has 1 aliphatic rings. The summed E-state index contributed by atoms with van der Waals surface area (Å²) in [6, 6.07) is 9.68. The molecule has 1 aromatic heterocycles. The molecule has 1 N–H and O–H groups in total. The maximum atomic E-state index is 11.6. The summed E-state index contributed by atoms with van der Waals surface area (Å²) in [5.74, 6) is 0.382. The van der Waals surface area contributed by atoms with E-state index in [9.17, 15) is 4.79 Å². The third-order valence-electron chi connectivity index (χ3n) is 2.82. The average molecular weight is 212 g/mol. The Morgan fingerprint density at radius 1 is 1.31 bits per heavy atom. The van der Waals surface area contributed by atoms with Crippen LogP contribution in [0.3, 0.4) is 0 Å². The highest BCUT2D eigenvalue weighted by Crippen LogP contribution is 2.30. The van der Waals surface area contributed by atoms with Crippen molar-refractivity contribution in [2.24, 2.45) is 5.92 Å². The summed E-state index contributed by atoms with van der Waals surface area (Å²) < 4.78 is 0. The molecule has 3 heteroatoms. The van der Waals surface area contributed by atoms with E-state index < -0.39 is 0 Å². The second kappa shape index (κ2) is 3.59. The molecule has 0 atom stereocenters. The molecule has 3 rings (SSSR count). The second-order valence-electron chi connectivity index (χ2n) is 4.17. The fourth-order valence-electron chi connectivity index (χ4n) is 1.74. The summed E-state index contributed by atoms with van der Waals surface area (Å²) in [7, 11) is 0. The summed E-state index contributed by atoms with van der Waals surface area (Å²) in [5, 5.41) is 3.98. The first-order valence-electron chi connectivity index (χ1n) is 5.48. The highest BCUT2D eigenvalue weighted by Gasteiger charge is 2.29. The van der Waals surface area contributed by atoms with Gasteiger partial charge in [-0.2, -0.15) is 0 Å². The van der Waals surface area contributed by atoms with Gasteiger partial charge in [0.2, 0.25) is 5.91 Å². The van der Waals surface area contributed by atoms with Gasteiger partial charge in [0.15, 0.2) is 0 Å². The Hall–Kier alpha value is -1.90. The first-order chi connectivity index (χ1) is 7.83. The number of hydrogen-bond donors (Lipinski definition) is 1. The van der Waals surface area contributed by atoms with Gasteiger partial charge < -0.3 is 5.32 Å². The number of fused-ring (bicyclic) bond motifs is 1. The van der Waals surface area contributed by atoms with Crippen molar-refractivity contribution in [3.63, 3.8) is 0 Å². The van der Waals surface area contributed by atoms with E-state index in [1.54, 1.807) is 6.20 Å². The standard InChI is InChI=1S/C13H12N2O/c16-13(9-3-4-9)15-11-5-6-12-10(8-11)2-1-7-14-12/h1-2,5-9H,3-4H2,(H,15,16). The third-order valence-corrected chi connectivity index (χ3v) is 2.82. The van der Waals surface area contributed by atoms with Crippen LogP contribution in [0.2, 0.25) is 0 Å². The number of aromatic nitrogens is 1. The highest BCUT2D eigenvalue weighted by molar-refractivity contribution is 5.96. The molecule has 80 valence electrons. The molecule has 0 bridgehead atoms. The molecule has 1 aromatic carbocycles. The van der Waals surface area contributed by atoms with Gasteiger partial charge in [0.05, 0.1) is 5.52 Å². The van der Waals surface area contributed by atoms with Crippen molar-refractivity contribution < 1.29 is 4.79 Å². The quantitative estimate of drug-likeness (QED) is 0.831. The van der Waals surface area contributed by atoms with Crippen LogP contribution in [0, 0.1) is 5.92 Å². The number of pyridine rings is 1. The fraction of sp³-hybridized carbons (Fsp3) is 0.231. The van der Waals surface area contributed by atoms with Crippen molar-refractivity contribution in [2.45, 2.75) is 12.8 Å². The van der Waals surface area contributed by atoms with Crippen molar-refractivity contribution in [3.05, 3.63) is 36.5 Å². The van der Waals surface area contributed by atoms with E-state index in [0.29, 0.717) is 0 Å². The lowest BCUT2D eigenvalue weighted by Crippen LogP contribution is -2.13. The molecular weight excluding hydrogens is 200 g/mol. The minimum absolute atomic E-state index is 0.142. The summed E-state index contributed by atoms with van der Waals surface area (Å²) in [4.78, 5) is 15.8. The number of nitrogens with zero attached hydrogens (tertiary/aromatic N) is 1. The SMILES string of the molecule is O=C(Nc1ccc2ncccc2c1)C1CC1. The van der Waals surface area contributed by atoms with Crippen molar-refractivity contribution >= 4 is 22.5 Å². The predicted molar refractivity (Wildman–Crippen MR) is 63.1 cm³/mol. The molecule has 0 radical (unpaired) electrons. The molecule has 1 aliphatic carbocycles. The first-order valence-corrected chi connectivity index (χ1v) is 5.48. The van der Waals surface area contributed by atoms with Crippen LogP contribution in [-0.2, 0) is 4.79 Å². The number of hydrogen-bond acceptors (Lipinski definition) is 2. The lowest BCUT2D eigenvalue weighted by atomic mass is 10.2. The Bertz CT molecular complexity index is 546. The first kappa shape index (κ1) is 9.33. The van der Waals surface area contributed by atoms with E-state index in [2.05, 4.69) is 10.3 Å². The Balaban J connectivity index is 1.89. The zero-order chi connectivity index (χ0) is 11.0. The largest absolute Gasteiger partial charge is 0.326 e. The Labute approximate surface area is 93.5 Å². The van der Waals surface area contributed by atoms with Crippen LogP contribution < -0.4 is 5.32 Å². The van der Waals surface area contributed by atoms with Gasteiger partial charge in [-0.15, -0.1) is 0 Å². The molecule has 0 saturated heterocycles. The van der Waals surface area contributed by atoms with Crippen molar-refractivity contribution in [1.29, 1.82) is 0 Å². The normalized spacial score (nSPS) is 15.0. The van der Waals surface area contributed by atoms with Crippen LogP contribution in [0.1, 0.15) is 12.8 Å². The number of rotatable bonds is 2. The van der Waals surface area contributed by atoms with Crippen molar-refractivity contribution in [3.8, 4) is 0 Å². The van der Waals surface area contributed by atoms with E-state index in [4.69, 9.17) is 0 Å². The minimum Gasteiger partial charge on any atom is -0.326 e. The molecule has 1 fully saturated rings. The van der Waals surface area contributed by atoms with E-state index in [1.165, 1.54) is 0 Å². The monoisotopic (exact) mass is 212 g/mol. The zero-order valence-electron chi connectivity index (χ0n) is 8.81. The van der Waals surface area contributed by atoms with Gasteiger partial charge in [0.1, 0.15) is 0 Å². The van der Waals surface area contributed by atoms with Crippen molar-refractivity contribution in [1.82, 2.24) is 4.98 Å². The van der Waals surface area contributed by atoms with Crippen LogP contribution in [-0.4, -0.2) is 10.9 Å². The molecule has 0 unspecified atom stereocenters. The van der Waals surface area contributed by atoms with Crippen LogP contribution in [0.5, 0.6) is 0 Å². The van der Waals surface area contributed by atoms with E-state index in [-0.39, 0.29) is 11.8 Å². The lowest BCUT2D eigenvalue weighted by Gasteiger charge is -2.05. The van der Waals surface area contributed by atoms with Crippen LogP contribution >= 0.6 is 0 Å². The molecular formula is C13H12N2O. The lowest BCUT2D eigenvalue weighted by molar-refractivity contribution is -0.117. The molecule has 0 aliphatic heterocycles. The number of benzene rings is 1. The van der Waals surface area contributed by atoms with Crippen molar-refractivity contribution in [2.75, 3.05) is 5.32 Å². The fourth-order valence-corrected chi connectivity index (χ4v) is 1.74. The number of carbonyl (C=O) groups excluding carboxylic acids is 1. The number of anilines is 1. The molecule has 16 heavy (non-hydrogen) atoms. The summed E-state index contributed by atoms with van der Waals surface area (Å²) in [5.41, 5.74) is 1.81. The Morgan fingerprint density at radius 3 is 3.00 bits per heavy atom. The van der Waals surface area contributed by atoms with Gasteiger partial charge in [-0.1, -0.05) is 6.07 Å². The third kappa shape index (κ3) is 1.76. The molecule has 1 amide bonds. The van der Waals surface area contributed by atoms with Gasteiger partial charge in [0, 0.05) is 23.2 Å². The maximum absolute atomic E-state index is 11.6. The number of nitrogens with one attached hydrogen (secondary N) is 1. The maximum Gasteiger partial charge on any atom is 0.227 e. The molecule has 1 heterocycles. The minimum atomic E-state index is 0.142. The molecule has 1 saturated carbocycles. The predicted octanol–water partition coefficient (Wildman–Crippen LogP) is 2.58. The van der Waals surface area contributed by atoms with E-state index >= 15 is 0 Å². The summed E-state index contributed by atoms with van der Waals surface area (Å²) in [6.45, 7) is 0. The average Bonchev–Trinajstić information content (AvgIpc) is 3.12. The Morgan fingerprint density at radius 2 is 2.19 bits per heavy atom. The molecule has 3 nitrogen and oxygen atoms in total. The number of amides is 1. The molecule has 2 aromatic rings. The van der Waals surface area contributed by atoms with Crippen LogP contribution in [0.25, 0.3) is 10.9 Å². The van der Waals surface area contributed by atoms with Gasteiger partial charge in [0.25, 0.3) is 0 Å². The van der Waals surface area contributed by atoms with Crippen LogP contribution in [0.15, 0.2) is 36.5 Å². The van der Waals surface area contributed by atoms with Gasteiger partial charge in [-0.3, -0.25) is 9.78 Å². The zero-order valence-corrected chi connectivity index (χ0v) is 8.81. The van der Waals surface area contributed by atoms with E-state index in [1.807, 2.05) is 30.3 Å². The molecule has 0 spiro atoms. The summed E-state index contributed by atoms with van der Waals surface area (Å²) >= 11 is 0. The number of carbonyl (C=O) groups is 1. The summed E-state index contributed by atoms with van der Waals surface area (Å²) in [6.07, 6.45) is 3.83. The van der Waals surface area contributed by atoms with Gasteiger partial charge in [-0.05, 0) is 37.1 Å². The second-order valence-corrected chi connectivity index (χ2v) is 4.17. The highest BCUT2D eigenvalue weighted by atomic mass is 16.2. The smallest absolute Gasteiger partial charge is 0.227 e. The van der Waals surface area contributed by atoms with E-state index in [0.717, 1.165) is 29.4 Å². The van der Waals surface area contributed by atoms with Crippen LogP contribution in [0.4, 0.5) is 5.69 Å². The topological polar surface area (TPSA) is 42.0 Å².